The quantitative estimate of drug-likeness (QED) is 0.684. The van der Waals surface area contributed by atoms with Crippen LogP contribution >= 0.6 is 0 Å². The lowest BCUT2D eigenvalue weighted by molar-refractivity contribution is -0.132. The maximum atomic E-state index is 12.6. The largest absolute Gasteiger partial charge is 0.342 e. The van der Waals surface area contributed by atoms with Crippen LogP contribution in [0.1, 0.15) is 42.8 Å². The molecule has 1 amide bonds. The maximum absolute atomic E-state index is 12.6. The van der Waals surface area contributed by atoms with E-state index in [-0.39, 0.29) is 11.8 Å². The molecule has 1 aliphatic heterocycles. The number of aryl methyl sites for hydroxylation is 2. The van der Waals surface area contributed by atoms with Crippen LogP contribution < -0.4 is 0 Å². The molecule has 0 bridgehead atoms. The second kappa shape index (κ2) is 7.69. The van der Waals surface area contributed by atoms with Crippen LogP contribution in [0.2, 0.25) is 0 Å². The van der Waals surface area contributed by atoms with E-state index in [1.807, 2.05) is 35.2 Å². The Morgan fingerprint density at radius 2 is 2.04 bits per heavy atom. The highest BCUT2D eigenvalue weighted by molar-refractivity contribution is 5.76. The van der Waals surface area contributed by atoms with Crippen LogP contribution in [0.15, 0.2) is 39.4 Å². The van der Waals surface area contributed by atoms with Crippen molar-refractivity contribution < 1.29 is 13.8 Å². The van der Waals surface area contributed by atoms with Crippen LogP contribution in [0, 0.1) is 6.92 Å². The molecular weight excluding hydrogens is 346 g/mol. The van der Waals surface area contributed by atoms with E-state index in [2.05, 4.69) is 20.3 Å². The summed E-state index contributed by atoms with van der Waals surface area (Å²) < 4.78 is 10.4. The van der Waals surface area contributed by atoms with Gasteiger partial charge in [-0.1, -0.05) is 40.6 Å². The molecule has 1 unspecified atom stereocenters. The number of carbonyl (C=O) groups excluding carboxylic acids is 1. The Morgan fingerprint density at radius 3 is 2.81 bits per heavy atom. The molecule has 3 aromatic rings. The molecule has 0 spiro atoms. The Bertz CT molecular complexity index is 905. The van der Waals surface area contributed by atoms with Gasteiger partial charge < -0.3 is 13.9 Å². The molecule has 0 aliphatic carbocycles. The lowest BCUT2D eigenvalue weighted by Crippen LogP contribution is -2.39. The van der Waals surface area contributed by atoms with Gasteiger partial charge in [0.2, 0.25) is 23.5 Å². The van der Waals surface area contributed by atoms with Crippen molar-refractivity contribution >= 4 is 5.91 Å². The van der Waals surface area contributed by atoms with Crippen LogP contribution in [-0.2, 0) is 11.2 Å². The van der Waals surface area contributed by atoms with Gasteiger partial charge in [0.25, 0.3) is 0 Å². The molecule has 4 rings (SSSR count). The number of carbonyl (C=O) groups is 1. The maximum Gasteiger partial charge on any atom is 0.227 e. The fraction of sp³-hybridized carbons (Fsp3) is 0.421. The van der Waals surface area contributed by atoms with E-state index in [9.17, 15) is 4.79 Å². The van der Waals surface area contributed by atoms with Crippen LogP contribution in [0.5, 0.6) is 0 Å². The van der Waals surface area contributed by atoms with E-state index in [4.69, 9.17) is 9.05 Å². The average Bonchev–Trinajstić information content (AvgIpc) is 3.36. The SMILES string of the molecule is Cc1nc(C2CCCN(C(=O)CCc3nc(-c4ccccc4)no3)C2)no1. The van der Waals surface area contributed by atoms with Gasteiger partial charge in [0.15, 0.2) is 5.82 Å². The summed E-state index contributed by atoms with van der Waals surface area (Å²) in [4.78, 5) is 23.2. The van der Waals surface area contributed by atoms with Crippen LogP contribution in [-0.4, -0.2) is 44.2 Å². The van der Waals surface area contributed by atoms with Gasteiger partial charge >= 0.3 is 0 Å². The highest BCUT2D eigenvalue weighted by atomic mass is 16.5. The molecule has 0 saturated carbocycles. The van der Waals surface area contributed by atoms with Gasteiger partial charge in [-0.25, -0.2) is 0 Å². The minimum atomic E-state index is 0.0828. The summed E-state index contributed by atoms with van der Waals surface area (Å²) in [6.07, 6.45) is 2.67. The lowest BCUT2D eigenvalue weighted by Gasteiger charge is -2.31. The number of nitrogens with zero attached hydrogens (tertiary/aromatic N) is 5. The fourth-order valence-electron chi connectivity index (χ4n) is 3.33. The van der Waals surface area contributed by atoms with Gasteiger partial charge in [-0.3, -0.25) is 4.79 Å². The molecule has 140 valence electrons. The number of rotatable bonds is 5. The number of aromatic nitrogens is 4. The predicted molar refractivity (Wildman–Crippen MR) is 95.6 cm³/mol. The molecule has 1 aromatic carbocycles. The summed E-state index contributed by atoms with van der Waals surface area (Å²) in [5.41, 5.74) is 0.896. The Morgan fingerprint density at radius 1 is 1.19 bits per heavy atom. The number of likely N-dealkylation sites (tertiary alicyclic amines) is 1. The predicted octanol–water partition coefficient (Wildman–Crippen LogP) is 2.77. The zero-order valence-corrected chi connectivity index (χ0v) is 15.2. The molecule has 8 nitrogen and oxygen atoms in total. The molecule has 3 heterocycles. The van der Waals surface area contributed by atoms with Crippen molar-refractivity contribution in [3.8, 4) is 11.4 Å². The van der Waals surface area contributed by atoms with Crippen LogP contribution in [0.3, 0.4) is 0 Å². The first kappa shape index (κ1) is 17.4. The van der Waals surface area contributed by atoms with Gasteiger partial charge in [0, 0.05) is 44.3 Å². The fourth-order valence-corrected chi connectivity index (χ4v) is 3.33. The minimum absolute atomic E-state index is 0.0828. The van der Waals surface area contributed by atoms with Crippen molar-refractivity contribution in [2.45, 2.75) is 38.5 Å². The third kappa shape index (κ3) is 4.05. The lowest BCUT2D eigenvalue weighted by atomic mass is 9.97. The van der Waals surface area contributed by atoms with E-state index >= 15 is 0 Å². The van der Waals surface area contributed by atoms with E-state index < -0.39 is 0 Å². The first-order valence-electron chi connectivity index (χ1n) is 9.15. The number of amides is 1. The van der Waals surface area contributed by atoms with Gasteiger partial charge in [-0.2, -0.15) is 9.97 Å². The highest BCUT2D eigenvalue weighted by Crippen LogP contribution is 2.25. The standard InChI is InChI=1S/C19H21N5O3/c1-13-20-19(22-26-13)15-8-5-11-24(12-15)17(25)10-9-16-21-18(23-27-16)14-6-3-2-4-7-14/h2-4,6-7,15H,5,8-12H2,1H3. The summed E-state index contributed by atoms with van der Waals surface area (Å²) in [7, 11) is 0. The van der Waals surface area contributed by atoms with Gasteiger partial charge in [0.05, 0.1) is 0 Å². The Balaban J connectivity index is 1.33. The third-order valence-corrected chi connectivity index (χ3v) is 4.74. The van der Waals surface area contributed by atoms with E-state index in [1.54, 1.807) is 6.92 Å². The van der Waals surface area contributed by atoms with E-state index in [0.29, 0.717) is 42.8 Å². The van der Waals surface area contributed by atoms with Gasteiger partial charge in [-0.15, -0.1) is 0 Å². The van der Waals surface area contributed by atoms with Gasteiger partial charge in [0.1, 0.15) is 0 Å². The number of benzene rings is 1. The summed E-state index contributed by atoms with van der Waals surface area (Å²) >= 11 is 0. The first-order chi connectivity index (χ1) is 13.2. The molecule has 1 aliphatic rings. The summed E-state index contributed by atoms with van der Waals surface area (Å²) in [5, 5.41) is 7.99. The normalized spacial score (nSPS) is 17.2. The monoisotopic (exact) mass is 367 g/mol. The van der Waals surface area contributed by atoms with E-state index in [1.165, 1.54) is 0 Å². The van der Waals surface area contributed by atoms with Crippen LogP contribution in [0.4, 0.5) is 0 Å². The van der Waals surface area contributed by atoms with Crippen molar-refractivity contribution in [3.63, 3.8) is 0 Å². The van der Waals surface area contributed by atoms with Crippen molar-refractivity contribution in [2.24, 2.45) is 0 Å². The van der Waals surface area contributed by atoms with Crippen molar-refractivity contribution in [2.75, 3.05) is 13.1 Å². The summed E-state index contributed by atoms with van der Waals surface area (Å²) in [5.74, 6) is 2.48. The first-order valence-corrected chi connectivity index (χ1v) is 9.15. The second-order valence-electron chi connectivity index (χ2n) is 6.73. The zero-order chi connectivity index (χ0) is 18.6. The number of hydrogen-bond acceptors (Lipinski definition) is 7. The highest BCUT2D eigenvalue weighted by Gasteiger charge is 2.27. The average molecular weight is 367 g/mol. The molecule has 27 heavy (non-hydrogen) atoms. The number of piperidine rings is 1. The van der Waals surface area contributed by atoms with Crippen molar-refractivity contribution in [3.05, 3.63) is 47.9 Å². The Kier molecular flexibility index (Phi) is 4.95. The van der Waals surface area contributed by atoms with Crippen LogP contribution in [0.25, 0.3) is 11.4 Å². The third-order valence-electron chi connectivity index (χ3n) is 4.74. The molecular formula is C19H21N5O3. The molecule has 2 aromatic heterocycles. The molecule has 1 saturated heterocycles. The Labute approximate surface area is 156 Å². The van der Waals surface area contributed by atoms with E-state index in [0.717, 1.165) is 24.9 Å². The van der Waals surface area contributed by atoms with Gasteiger partial charge in [-0.05, 0) is 12.8 Å². The molecule has 0 N–H and O–H groups in total. The summed E-state index contributed by atoms with van der Waals surface area (Å²) in [6, 6.07) is 9.63. The number of hydrogen-bond donors (Lipinski definition) is 0. The smallest absolute Gasteiger partial charge is 0.227 e. The molecule has 0 radical (unpaired) electrons. The summed E-state index contributed by atoms with van der Waals surface area (Å²) in [6.45, 7) is 3.15. The molecule has 1 atom stereocenters. The molecule has 1 fully saturated rings. The second-order valence-corrected chi connectivity index (χ2v) is 6.73. The topological polar surface area (TPSA) is 98.2 Å². The molecule has 8 heteroatoms. The zero-order valence-electron chi connectivity index (χ0n) is 15.2. The van der Waals surface area contributed by atoms with Crippen molar-refractivity contribution in [1.29, 1.82) is 0 Å². The van der Waals surface area contributed by atoms with Crippen molar-refractivity contribution in [1.82, 2.24) is 25.2 Å². The minimum Gasteiger partial charge on any atom is -0.342 e. The Hall–Kier alpha value is -3.03.